The summed E-state index contributed by atoms with van der Waals surface area (Å²) in [6.07, 6.45) is 0. The van der Waals surface area contributed by atoms with Crippen LogP contribution in [0.5, 0.6) is 0 Å². The molecule has 8 rings (SSSR count). The normalized spacial score (nSPS) is 10.7. The van der Waals surface area contributed by atoms with Crippen LogP contribution in [0.15, 0.2) is 132 Å². The Morgan fingerprint density at radius 2 is 0.733 bits per heavy atom. The van der Waals surface area contributed by atoms with Gasteiger partial charge in [0.1, 0.15) is 10.1 Å². The van der Waals surface area contributed by atoms with Crippen LogP contribution in [-0.4, -0.2) is 13.0 Å². The summed E-state index contributed by atoms with van der Waals surface area (Å²) < 4.78 is 33.8. The lowest BCUT2D eigenvalue weighted by atomic mass is 9.97. The molecule has 0 amide bonds. The molecule has 0 unspecified atom stereocenters. The van der Waals surface area contributed by atoms with Gasteiger partial charge in [0.2, 0.25) is 0 Å². The van der Waals surface area contributed by atoms with Crippen LogP contribution in [0.3, 0.4) is 0 Å². The third-order valence-corrected chi connectivity index (χ3v) is 11.3. The van der Waals surface area contributed by atoms with Gasteiger partial charge in [-0.15, -0.1) is 0 Å². The molecule has 0 fully saturated rings. The maximum atomic E-state index is 11.3. The second-order valence-electron chi connectivity index (χ2n) is 16.7. The molecule has 312 valence electrons. The van der Waals surface area contributed by atoms with Gasteiger partial charge in [0.05, 0.1) is 4.90 Å². The van der Waals surface area contributed by atoms with Crippen LogP contribution in [0.25, 0.3) is 32.3 Å². The molecule has 0 heterocycles. The van der Waals surface area contributed by atoms with Crippen LogP contribution in [-0.2, 0) is 10.1 Å². The summed E-state index contributed by atoms with van der Waals surface area (Å²) in [4.78, 5) is -0.120. The van der Waals surface area contributed by atoms with Crippen LogP contribution >= 0.6 is 0 Å². The molecule has 8 aromatic carbocycles. The van der Waals surface area contributed by atoms with Crippen molar-refractivity contribution in [2.24, 2.45) is 0 Å². The van der Waals surface area contributed by atoms with Crippen LogP contribution in [0.4, 0.5) is 0 Å². The van der Waals surface area contributed by atoms with Crippen molar-refractivity contribution in [2.45, 2.75) is 102 Å². The topological polar surface area (TPSA) is 57.2 Å². The predicted octanol–water partition coefficient (Wildman–Crippen LogP) is 15.1. The fourth-order valence-corrected chi connectivity index (χ4v) is 8.72. The monoisotopic (exact) mass is 815 g/mol. The summed E-state index contributed by atoms with van der Waals surface area (Å²) in [5.41, 5.74) is 17.5. The van der Waals surface area contributed by atoms with Gasteiger partial charge in [0, 0.05) is 5.39 Å². The summed E-state index contributed by atoms with van der Waals surface area (Å²) in [5.74, 6) is 0. The first kappa shape index (κ1) is 47.1. The molecule has 0 saturated heterocycles. The van der Waals surface area contributed by atoms with E-state index in [1.54, 1.807) is 6.92 Å². The van der Waals surface area contributed by atoms with Crippen molar-refractivity contribution in [1.29, 1.82) is 0 Å². The molecule has 3 nitrogen and oxygen atoms in total. The van der Waals surface area contributed by atoms with Crippen LogP contribution in [0.2, 0.25) is 0 Å². The summed E-state index contributed by atoms with van der Waals surface area (Å²) >= 11 is 0. The number of rotatable bonds is 1. The first-order valence-electron chi connectivity index (χ1n) is 20.6. The van der Waals surface area contributed by atoms with Gasteiger partial charge in [-0.05, 0) is 163 Å². The second-order valence-corrected chi connectivity index (χ2v) is 18.1. The summed E-state index contributed by atoms with van der Waals surface area (Å²) in [6.45, 7) is 29.1. The van der Waals surface area contributed by atoms with Crippen molar-refractivity contribution in [3.05, 3.63) is 205 Å². The highest BCUT2D eigenvalue weighted by Gasteiger charge is 2.11. The molecule has 0 bridgehead atoms. The lowest BCUT2D eigenvalue weighted by Gasteiger charge is -2.14. The Balaban J connectivity index is 0.000000169. The Bertz CT molecular complexity index is 2770. The van der Waals surface area contributed by atoms with Gasteiger partial charge in [-0.25, -0.2) is 8.42 Å². The van der Waals surface area contributed by atoms with E-state index in [9.17, 15) is 13.0 Å². The zero-order chi connectivity index (χ0) is 44.5. The number of benzene rings is 8. The fourth-order valence-electron chi connectivity index (χ4n) is 7.86. The van der Waals surface area contributed by atoms with Gasteiger partial charge in [0.15, 0.2) is 0 Å². The molecule has 0 radical (unpaired) electrons. The highest BCUT2D eigenvalue weighted by atomic mass is 32.2. The van der Waals surface area contributed by atoms with Gasteiger partial charge < -0.3 is 4.55 Å². The highest BCUT2D eigenvalue weighted by Crippen LogP contribution is 2.29. The highest BCUT2D eigenvalue weighted by molar-refractivity contribution is 7.86. The molecule has 0 spiro atoms. The number of fused-ring (bicyclic) bond motifs is 3. The van der Waals surface area contributed by atoms with E-state index >= 15 is 0 Å². The van der Waals surface area contributed by atoms with Gasteiger partial charge in [-0.2, -0.15) is 0 Å². The average molecular weight is 816 g/mol. The third-order valence-electron chi connectivity index (χ3n) is 10.5. The average Bonchev–Trinajstić information content (AvgIpc) is 3.14. The van der Waals surface area contributed by atoms with E-state index in [0.717, 1.165) is 22.1 Å². The zero-order valence-electron chi connectivity index (χ0n) is 38.3. The quantitative estimate of drug-likeness (QED) is 0.155. The smallest absolute Gasteiger partial charge is 0.125 e. The number of hydrogen-bond donors (Lipinski definition) is 0. The molecule has 8 aromatic rings. The maximum Gasteiger partial charge on any atom is 0.125 e. The van der Waals surface area contributed by atoms with Crippen molar-refractivity contribution in [3.63, 3.8) is 0 Å². The van der Waals surface area contributed by atoms with Crippen molar-refractivity contribution in [2.75, 3.05) is 0 Å². The molecule has 0 N–H and O–H groups in total. The van der Waals surface area contributed by atoms with Gasteiger partial charge in [0.25, 0.3) is 0 Å². The summed E-state index contributed by atoms with van der Waals surface area (Å²) in [6, 6.07) is 44.1. The summed E-state index contributed by atoms with van der Waals surface area (Å²) in [5, 5.41) is 6.88. The maximum absolute atomic E-state index is 11.3. The van der Waals surface area contributed by atoms with E-state index in [1.165, 1.54) is 88.8 Å². The minimum absolute atomic E-state index is 0.120. The number of hydrogen-bond acceptors (Lipinski definition) is 3. The Morgan fingerprint density at radius 1 is 0.317 bits per heavy atom. The minimum atomic E-state index is -4.44. The molecular formula is C56H63O3S-. The van der Waals surface area contributed by atoms with Crippen molar-refractivity contribution >= 4 is 42.4 Å². The second kappa shape index (κ2) is 20.6. The Morgan fingerprint density at radius 3 is 1.25 bits per heavy atom. The van der Waals surface area contributed by atoms with E-state index in [-0.39, 0.29) is 4.90 Å². The molecule has 60 heavy (non-hydrogen) atoms. The molecule has 0 aliphatic heterocycles. The van der Waals surface area contributed by atoms with Gasteiger partial charge in [-0.3, -0.25) is 0 Å². The van der Waals surface area contributed by atoms with E-state index in [1.807, 2.05) is 32.0 Å². The Hall–Kier alpha value is -5.55. The first-order valence-corrected chi connectivity index (χ1v) is 22.0. The molecule has 4 heteroatoms. The molecule has 0 saturated carbocycles. The van der Waals surface area contributed by atoms with E-state index in [2.05, 4.69) is 179 Å². The fraction of sp³-hybridized carbons (Fsp3) is 0.250. The predicted molar refractivity (Wildman–Crippen MR) is 259 cm³/mol. The van der Waals surface area contributed by atoms with Crippen molar-refractivity contribution in [3.8, 4) is 0 Å². The van der Waals surface area contributed by atoms with Crippen LogP contribution < -0.4 is 0 Å². The Kier molecular flexibility index (Phi) is 16.2. The standard InChI is InChI=1S/C13H14O3S.2C13H14.C9H12.C8H10/c1-8-4-10(3)13-11(5-8)6-9(2)7-12(13)17(14,15)16;1-9-4-5-13-11(3)6-10(2)8-12(13)7-9;1-9-7-8-11(3)13-10(2)5-4-6-12(9)13;1-7-4-8(2)6-9(3)5-7;1-7-3-5-8(2)6-4-7/h4-7H,1-3H3,(H,14,15,16);2*4-8H,1-3H3;4-6H,1-3H3;3-6H,1-2H3/p-1. The van der Waals surface area contributed by atoms with Crippen molar-refractivity contribution < 1.29 is 13.0 Å². The largest absolute Gasteiger partial charge is 0.744 e. The minimum Gasteiger partial charge on any atom is -0.744 e. The summed E-state index contributed by atoms with van der Waals surface area (Å²) in [7, 11) is -4.44. The van der Waals surface area contributed by atoms with E-state index in [4.69, 9.17) is 0 Å². The lowest BCUT2D eigenvalue weighted by Crippen LogP contribution is -2.01. The SMILES string of the molecule is Cc1cc(C)c2c(S(=O)(=O)[O-])cc(C)cc2c1.Cc1cc(C)cc(C)c1.Cc1ccc(C)c2c(C)cccc12.Cc1ccc(C)cc1.Cc1ccc2c(C)cc(C)cc2c1. The van der Waals surface area contributed by atoms with Crippen LogP contribution in [0.1, 0.15) is 77.9 Å². The molecule has 0 aliphatic rings. The lowest BCUT2D eigenvalue weighted by molar-refractivity contribution is 0.464. The van der Waals surface area contributed by atoms with Crippen LogP contribution in [0, 0.1) is 96.9 Å². The first-order chi connectivity index (χ1) is 28.1. The van der Waals surface area contributed by atoms with Gasteiger partial charge in [-0.1, -0.05) is 166 Å². The Labute approximate surface area is 360 Å². The van der Waals surface area contributed by atoms with Crippen molar-refractivity contribution in [1.82, 2.24) is 0 Å². The van der Waals surface area contributed by atoms with E-state index in [0.29, 0.717) is 5.39 Å². The molecule has 0 atom stereocenters. The molecule has 0 aromatic heterocycles. The number of aryl methyl sites for hydroxylation is 14. The zero-order valence-corrected chi connectivity index (χ0v) is 39.1. The molecular weight excluding hydrogens is 753 g/mol. The molecule has 0 aliphatic carbocycles. The third kappa shape index (κ3) is 13.2. The van der Waals surface area contributed by atoms with Gasteiger partial charge >= 0.3 is 0 Å². The van der Waals surface area contributed by atoms with E-state index < -0.39 is 10.1 Å².